The van der Waals surface area contributed by atoms with Crippen molar-refractivity contribution in [3.63, 3.8) is 0 Å². The van der Waals surface area contributed by atoms with Crippen molar-refractivity contribution in [1.29, 1.82) is 0 Å². The van der Waals surface area contributed by atoms with Crippen molar-refractivity contribution >= 4 is 22.6 Å². The lowest BCUT2D eigenvalue weighted by atomic mass is 10.0. The largest absolute Gasteiger partial charge is 0.496 e. The third-order valence-electron chi connectivity index (χ3n) is 4.44. The molecule has 0 aliphatic carbocycles. The molecule has 0 aliphatic rings. The Labute approximate surface area is 162 Å². The van der Waals surface area contributed by atoms with Crippen molar-refractivity contribution in [2.75, 3.05) is 20.8 Å². The van der Waals surface area contributed by atoms with E-state index in [1.165, 1.54) is 18.0 Å². The number of halogens is 1. The molecule has 6 heteroatoms. The molecule has 1 amide bonds. The van der Waals surface area contributed by atoms with Crippen molar-refractivity contribution in [3.8, 4) is 5.75 Å². The number of carbonyl (C=O) groups excluding carboxylic acids is 2. The van der Waals surface area contributed by atoms with Crippen LogP contribution < -0.4 is 4.74 Å². The summed E-state index contributed by atoms with van der Waals surface area (Å²) in [6.07, 6.45) is 0. The van der Waals surface area contributed by atoms with E-state index in [-0.39, 0.29) is 12.4 Å². The number of hydrogen-bond acceptors (Lipinski definition) is 4. The second-order valence-corrected chi connectivity index (χ2v) is 6.28. The molecule has 0 heterocycles. The van der Waals surface area contributed by atoms with Crippen molar-refractivity contribution in [2.24, 2.45) is 0 Å². The normalized spacial score (nSPS) is 10.5. The predicted molar refractivity (Wildman–Crippen MR) is 104 cm³/mol. The molecule has 28 heavy (non-hydrogen) atoms. The third-order valence-corrected chi connectivity index (χ3v) is 4.44. The van der Waals surface area contributed by atoms with E-state index >= 15 is 0 Å². The van der Waals surface area contributed by atoms with Crippen LogP contribution in [0.2, 0.25) is 0 Å². The Kier molecular flexibility index (Phi) is 5.89. The monoisotopic (exact) mass is 381 g/mol. The summed E-state index contributed by atoms with van der Waals surface area (Å²) >= 11 is 0. The van der Waals surface area contributed by atoms with Crippen LogP contribution in [0.5, 0.6) is 5.75 Å². The van der Waals surface area contributed by atoms with E-state index in [0.29, 0.717) is 22.3 Å². The van der Waals surface area contributed by atoms with Gasteiger partial charge in [0, 0.05) is 24.5 Å². The van der Waals surface area contributed by atoms with E-state index in [1.54, 1.807) is 43.5 Å². The molecule has 0 aromatic heterocycles. The summed E-state index contributed by atoms with van der Waals surface area (Å²) in [6.45, 7) is -0.335. The van der Waals surface area contributed by atoms with Crippen molar-refractivity contribution < 1.29 is 23.5 Å². The fourth-order valence-corrected chi connectivity index (χ4v) is 2.91. The molecule has 0 N–H and O–H groups in total. The van der Waals surface area contributed by atoms with Crippen LogP contribution in [0.4, 0.5) is 4.39 Å². The summed E-state index contributed by atoms with van der Waals surface area (Å²) in [7, 11) is 3.09. The molecule has 3 aromatic rings. The SMILES string of the molecule is COc1ccc(C(=O)OCC(=O)N(C)Cc2ccccc2F)c2ccccc12. The van der Waals surface area contributed by atoms with Crippen LogP contribution in [0.3, 0.4) is 0 Å². The van der Waals surface area contributed by atoms with Gasteiger partial charge in [-0.2, -0.15) is 0 Å². The first kappa shape index (κ1) is 19.4. The van der Waals surface area contributed by atoms with Gasteiger partial charge in [0.15, 0.2) is 6.61 Å². The number of methoxy groups -OCH3 is 1. The van der Waals surface area contributed by atoms with Gasteiger partial charge >= 0.3 is 5.97 Å². The predicted octanol–water partition coefficient (Wildman–Crippen LogP) is 3.80. The van der Waals surface area contributed by atoms with Crippen LogP contribution in [0, 0.1) is 5.82 Å². The lowest BCUT2D eigenvalue weighted by Gasteiger charge is -2.18. The molecule has 0 aliphatic heterocycles. The highest BCUT2D eigenvalue weighted by molar-refractivity contribution is 6.06. The molecule has 3 aromatic carbocycles. The van der Waals surface area contributed by atoms with E-state index in [2.05, 4.69) is 0 Å². The molecule has 0 atom stereocenters. The summed E-state index contributed by atoms with van der Waals surface area (Å²) in [5.41, 5.74) is 0.742. The average Bonchev–Trinajstić information content (AvgIpc) is 2.72. The topological polar surface area (TPSA) is 55.8 Å². The summed E-state index contributed by atoms with van der Waals surface area (Å²) < 4.78 is 24.2. The zero-order valence-corrected chi connectivity index (χ0v) is 15.6. The van der Waals surface area contributed by atoms with Crippen molar-refractivity contribution in [3.05, 3.63) is 77.6 Å². The lowest BCUT2D eigenvalue weighted by molar-refractivity contribution is -0.133. The molecule has 3 rings (SSSR count). The molecule has 144 valence electrons. The quantitative estimate of drug-likeness (QED) is 0.610. The van der Waals surface area contributed by atoms with E-state index in [1.807, 2.05) is 18.2 Å². The summed E-state index contributed by atoms with van der Waals surface area (Å²) in [5.74, 6) is -0.766. The number of carbonyl (C=O) groups is 2. The van der Waals surface area contributed by atoms with Crippen LogP contribution >= 0.6 is 0 Å². The van der Waals surface area contributed by atoms with Gasteiger partial charge < -0.3 is 14.4 Å². The molecule has 0 bridgehead atoms. The van der Waals surface area contributed by atoms with Gasteiger partial charge in [-0.25, -0.2) is 9.18 Å². The molecule has 5 nitrogen and oxygen atoms in total. The number of fused-ring (bicyclic) bond motifs is 1. The number of esters is 1. The summed E-state index contributed by atoms with van der Waals surface area (Å²) in [4.78, 5) is 26.1. The van der Waals surface area contributed by atoms with E-state index < -0.39 is 18.5 Å². The minimum Gasteiger partial charge on any atom is -0.496 e. The van der Waals surface area contributed by atoms with E-state index in [0.717, 1.165) is 5.39 Å². The molecular weight excluding hydrogens is 361 g/mol. The van der Waals surface area contributed by atoms with Gasteiger partial charge in [0.05, 0.1) is 12.7 Å². The van der Waals surface area contributed by atoms with Crippen molar-refractivity contribution in [2.45, 2.75) is 6.54 Å². The number of rotatable bonds is 6. The number of benzene rings is 3. The molecule has 0 unspecified atom stereocenters. The molecule has 0 radical (unpaired) electrons. The molecule has 0 saturated heterocycles. The number of ether oxygens (including phenoxy) is 2. The third kappa shape index (κ3) is 4.11. The number of amides is 1. The second kappa shape index (κ2) is 8.52. The van der Waals surface area contributed by atoms with Gasteiger partial charge in [-0.05, 0) is 23.6 Å². The first-order chi connectivity index (χ1) is 13.5. The maximum atomic E-state index is 13.7. The number of nitrogens with zero attached hydrogens (tertiary/aromatic N) is 1. The molecule has 0 spiro atoms. The minimum atomic E-state index is -0.605. The molecule has 0 fully saturated rings. The van der Waals surface area contributed by atoms with Crippen LogP contribution in [0.1, 0.15) is 15.9 Å². The van der Waals surface area contributed by atoms with Crippen LogP contribution in [-0.2, 0) is 16.1 Å². The number of likely N-dealkylation sites (N-methyl/N-ethyl adjacent to an activating group) is 1. The van der Waals surface area contributed by atoms with Crippen molar-refractivity contribution in [1.82, 2.24) is 4.90 Å². The standard InChI is InChI=1S/C22H20FNO4/c1-24(13-15-7-3-6-10-19(15)23)21(25)14-28-22(26)18-11-12-20(27-2)17-9-5-4-8-16(17)18/h3-12H,13-14H2,1-2H3. The number of hydrogen-bond donors (Lipinski definition) is 0. The van der Waals surface area contributed by atoms with Gasteiger partial charge in [0.2, 0.25) is 0 Å². The molecule has 0 saturated carbocycles. The molecular formula is C22H20FNO4. The Balaban J connectivity index is 1.68. The van der Waals surface area contributed by atoms with Crippen LogP contribution in [0.15, 0.2) is 60.7 Å². The Hall–Kier alpha value is -3.41. The first-order valence-corrected chi connectivity index (χ1v) is 8.71. The fraction of sp³-hybridized carbons (Fsp3) is 0.182. The highest BCUT2D eigenvalue weighted by atomic mass is 19.1. The smallest absolute Gasteiger partial charge is 0.339 e. The first-order valence-electron chi connectivity index (χ1n) is 8.71. The van der Waals surface area contributed by atoms with E-state index in [4.69, 9.17) is 9.47 Å². The highest BCUT2D eigenvalue weighted by Gasteiger charge is 2.17. The van der Waals surface area contributed by atoms with Crippen LogP contribution in [-0.4, -0.2) is 37.5 Å². The van der Waals surface area contributed by atoms with Gasteiger partial charge in [0.1, 0.15) is 11.6 Å². The van der Waals surface area contributed by atoms with Gasteiger partial charge in [-0.15, -0.1) is 0 Å². The zero-order chi connectivity index (χ0) is 20.1. The highest BCUT2D eigenvalue weighted by Crippen LogP contribution is 2.28. The Morgan fingerprint density at radius 1 is 0.964 bits per heavy atom. The fourth-order valence-electron chi connectivity index (χ4n) is 2.91. The summed E-state index contributed by atoms with van der Waals surface area (Å²) in [5, 5.41) is 1.46. The van der Waals surface area contributed by atoms with Gasteiger partial charge in [-0.1, -0.05) is 42.5 Å². The van der Waals surface area contributed by atoms with E-state index in [9.17, 15) is 14.0 Å². The lowest BCUT2D eigenvalue weighted by Crippen LogP contribution is -2.31. The minimum absolute atomic E-state index is 0.0918. The maximum absolute atomic E-state index is 13.7. The zero-order valence-electron chi connectivity index (χ0n) is 15.6. The Morgan fingerprint density at radius 3 is 2.36 bits per heavy atom. The summed E-state index contributed by atoms with van der Waals surface area (Å²) in [6, 6.07) is 16.8. The maximum Gasteiger partial charge on any atom is 0.339 e. The average molecular weight is 381 g/mol. The Morgan fingerprint density at radius 2 is 1.64 bits per heavy atom. The Bertz CT molecular complexity index is 1020. The van der Waals surface area contributed by atoms with Gasteiger partial charge in [-0.3, -0.25) is 4.79 Å². The van der Waals surface area contributed by atoms with Crippen LogP contribution in [0.25, 0.3) is 10.8 Å². The van der Waals surface area contributed by atoms with Gasteiger partial charge in [0.25, 0.3) is 5.91 Å². The second-order valence-electron chi connectivity index (χ2n) is 6.28.